The monoisotopic (exact) mass is 478 g/mol. The van der Waals surface area contributed by atoms with Gasteiger partial charge in [-0.1, -0.05) is 73.5 Å². The van der Waals surface area contributed by atoms with Crippen LogP contribution in [0.5, 0.6) is 0 Å². The SMILES string of the molecule is NC(=O)[C@@H](NC(=O)[C@@H]1CCCC[C@H]1N1CCN(C(=O)OCc2ccccc2)CC1)c1ccccc1. The summed E-state index contributed by atoms with van der Waals surface area (Å²) in [6.45, 7) is 2.76. The van der Waals surface area contributed by atoms with E-state index in [2.05, 4.69) is 10.2 Å². The molecule has 1 aliphatic carbocycles. The molecule has 1 aliphatic heterocycles. The molecule has 186 valence electrons. The van der Waals surface area contributed by atoms with E-state index in [1.807, 2.05) is 48.5 Å². The molecule has 0 unspecified atom stereocenters. The molecule has 1 saturated carbocycles. The van der Waals surface area contributed by atoms with E-state index in [4.69, 9.17) is 10.5 Å². The number of carbonyl (C=O) groups is 3. The van der Waals surface area contributed by atoms with Gasteiger partial charge in [0.2, 0.25) is 11.8 Å². The molecule has 0 aromatic heterocycles. The number of piperazine rings is 1. The maximum atomic E-state index is 13.3. The highest BCUT2D eigenvalue weighted by Gasteiger charge is 2.38. The quantitative estimate of drug-likeness (QED) is 0.637. The summed E-state index contributed by atoms with van der Waals surface area (Å²) in [5, 5.41) is 2.91. The third kappa shape index (κ3) is 6.39. The predicted octanol–water partition coefficient (Wildman–Crippen LogP) is 2.84. The number of nitrogens with one attached hydrogen (secondary N) is 1. The Hall–Kier alpha value is -3.39. The van der Waals surface area contributed by atoms with E-state index in [1.165, 1.54) is 0 Å². The second-order valence-corrected chi connectivity index (χ2v) is 9.28. The van der Waals surface area contributed by atoms with Gasteiger partial charge in [0.1, 0.15) is 12.6 Å². The lowest BCUT2D eigenvalue weighted by Gasteiger charge is -2.43. The largest absolute Gasteiger partial charge is 0.445 e. The number of carbonyl (C=O) groups excluding carboxylic acids is 3. The van der Waals surface area contributed by atoms with Crippen molar-refractivity contribution < 1.29 is 19.1 Å². The van der Waals surface area contributed by atoms with E-state index >= 15 is 0 Å². The van der Waals surface area contributed by atoms with Gasteiger partial charge >= 0.3 is 6.09 Å². The molecule has 8 heteroatoms. The predicted molar refractivity (Wildman–Crippen MR) is 132 cm³/mol. The van der Waals surface area contributed by atoms with Gasteiger partial charge in [-0.3, -0.25) is 14.5 Å². The molecule has 3 N–H and O–H groups in total. The van der Waals surface area contributed by atoms with Crippen LogP contribution in [0, 0.1) is 5.92 Å². The molecule has 2 aliphatic rings. The Bertz CT molecular complexity index is 993. The van der Waals surface area contributed by atoms with Crippen molar-refractivity contribution in [1.29, 1.82) is 0 Å². The van der Waals surface area contributed by atoms with Gasteiger partial charge < -0.3 is 20.7 Å². The van der Waals surface area contributed by atoms with Crippen molar-refractivity contribution in [3.05, 3.63) is 71.8 Å². The van der Waals surface area contributed by atoms with Crippen molar-refractivity contribution in [3.8, 4) is 0 Å². The van der Waals surface area contributed by atoms with Gasteiger partial charge in [0, 0.05) is 32.2 Å². The number of rotatable bonds is 7. The normalized spacial score (nSPS) is 21.7. The summed E-state index contributed by atoms with van der Waals surface area (Å²) >= 11 is 0. The minimum atomic E-state index is -0.845. The van der Waals surface area contributed by atoms with Gasteiger partial charge in [0.25, 0.3) is 0 Å². The average molecular weight is 479 g/mol. The summed E-state index contributed by atoms with van der Waals surface area (Å²) in [7, 11) is 0. The van der Waals surface area contributed by atoms with Crippen molar-refractivity contribution in [2.75, 3.05) is 26.2 Å². The first-order valence-electron chi connectivity index (χ1n) is 12.4. The number of ether oxygens (including phenoxy) is 1. The van der Waals surface area contributed by atoms with Crippen LogP contribution in [-0.2, 0) is 20.9 Å². The molecular formula is C27H34N4O4. The van der Waals surface area contributed by atoms with Crippen LogP contribution in [0.4, 0.5) is 4.79 Å². The van der Waals surface area contributed by atoms with Crippen molar-refractivity contribution in [2.24, 2.45) is 11.7 Å². The van der Waals surface area contributed by atoms with Crippen LogP contribution in [0.3, 0.4) is 0 Å². The van der Waals surface area contributed by atoms with Crippen LogP contribution in [0.15, 0.2) is 60.7 Å². The Morgan fingerprint density at radius 3 is 2.20 bits per heavy atom. The lowest BCUT2D eigenvalue weighted by Crippen LogP contribution is -2.56. The standard InChI is InChI=1S/C27H34N4O4/c28-25(32)24(21-11-5-2-6-12-21)29-26(33)22-13-7-8-14-23(22)30-15-17-31(18-16-30)27(34)35-19-20-9-3-1-4-10-20/h1-6,9-12,22-24H,7-8,13-19H2,(H2,28,32)(H,29,33)/t22-,23-,24+/m1/s1. The van der Waals surface area contributed by atoms with Crippen molar-refractivity contribution in [1.82, 2.24) is 15.1 Å². The lowest BCUT2D eigenvalue weighted by atomic mass is 9.82. The second kappa shape index (κ2) is 11.8. The number of nitrogens with two attached hydrogens (primary N) is 1. The molecule has 0 spiro atoms. The Balaban J connectivity index is 1.32. The topological polar surface area (TPSA) is 105 Å². The average Bonchev–Trinajstić information content (AvgIpc) is 2.91. The molecule has 2 aromatic rings. The fourth-order valence-corrected chi connectivity index (χ4v) is 5.11. The summed E-state index contributed by atoms with van der Waals surface area (Å²) < 4.78 is 5.48. The van der Waals surface area contributed by atoms with E-state index in [-0.39, 0.29) is 30.6 Å². The number of nitrogens with zero attached hydrogens (tertiary/aromatic N) is 2. The molecule has 0 radical (unpaired) electrons. The van der Waals surface area contributed by atoms with Gasteiger partial charge in [-0.15, -0.1) is 0 Å². The Kier molecular flexibility index (Phi) is 8.36. The first-order valence-corrected chi connectivity index (χ1v) is 12.4. The second-order valence-electron chi connectivity index (χ2n) is 9.28. The van der Waals surface area contributed by atoms with E-state index in [0.29, 0.717) is 31.7 Å². The van der Waals surface area contributed by atoms with E-state index in [9.17, 15) is 14.4 Å². The molecule has 1 saturated heterocycles. The fraction of sp³-hybridized carbons (Fsp3) is 0.444. The van der Waals surface area contributed by atoms with E-state index < -0.39 is 11.9 Å². The molecule has 1 heterocycles. The highest BCUT2D eigenvalue weighted by molar-refractivity contribution is 5.88. The van der Waals surface area contributed by atoms with Crippen molar-refractivity contribution in [2.45, 2.75) is 44.4 Å². The van der Waals surface area contributed by atoms with Crippen molar-refractivity contribution >= 4 is 17.9 Å². The summed E-state index contributed by atoms with van der Waals surface area (Å²) in [5.41, 5.74) is 7.26. The molecule has 3 amide bonds. The highest BCUT2D eigenvalue weighted by atomic mass is 16.6. The van der Waals surface area contributed by atoms with Crippen LogP contribution in [-0.4, -0.2) is 59.9 Å². The highest BCUT2D eigenvalue weighted by Crippen LogP contribution is 2.30. The van der Waals surface area contributed by atoms with Crippen molar-refractivity contribution in [3.63, 3.8) is 0 Å². The molecule has 2 fully saturated rings. The summed E-state index contributed by atoms with van der Waals surface area (Å²) in [4.78, 5) is 42.0. The smallest absolute Gasteiger partial charge is 0.410 e. The molecule has 2 aromatic carbocycles. The van der Waals surface area contributed by atoms with Gasteiger partial charge in [0.15, 0.2) is 0 Å². The third-order valence-corrected chi connectivity index (χ3v) is 7.02. The van der Waals surface area contributed by atoms with Crippen LogP contribution in [0.2, 0.25) is 0 Å². The summed E-state index contributed by atoms with van der Waals surface area (Å²) in [6, 6.07) is 18.0. The minimum Gasteiger partial charge on any atom is -0.445 e. The molecule has 35 heavy (non-hydrogen) atoms. The van der Waals surface area contributed by atoms with Gasteiger partial charge in [-0.25, -0.2) is 4.79 Å². The maximum Gasteiger partial charge on any atom is 0.410 e. The zero-order chi connectivity index (χ0) is 24.6. The zero-order valence-corrected chi connectivity index (χ0v) is 20.0. The van der Waals surface area contributed by atoms with E-state index in [0.717, 1.165) is 31.2 Å². The minimum absolute atomic E-state index is 0.0792. The Morgan fingerprint density at radius 1 is 0.914 bits per heavy atom. The third-order valence-electron chi connectivity index (χ3n) is 7.02. The summed E-state index contributed by atoms with van der Waals surface area (Å²) in [5.74, 6) is -0.919. The number of hydrogen-bond donors (Lipinski definition) is 2. The lowest BCUT2D eigenvalue weighted by molar-refractivity contribution is -0.133. The van der Waals surface area contributed by atoms with Crippen LogP contribution in [0.1, 0.15) is 42.9 Å². The first kappa shape index (κ1) is 24.7. The molecule has 3 atom stereocenters. The molecule has 4 rings (SSSR count). The van der Waals surface area contributed by atoms with Gasteiger partial charge in [-0.2, -0.15) is 0 Å². The fourth-order valence-electron chi connectivity index (χ4n) is 5.11. The number of hydrogen-bond acceptors (Lipinski definition) is 5. The Labute approximate surface area is 206 Å². The Morgan fingerprint density at radius 2 is 1.54 bits per heavy atom. The van der Waals surface area contributed by atoms with Gasteiger partial charge in [-0.05, 0) is 24.0 Å². The van der Waals surface area contributed by atoms with Crippen LogP contribution < -0.4 is 11.1 Å². The summed E-state index contributed by atoms with van der Waals surface area (Å²) in [6.07, 6.45) is 3.43. The molecule has 0 bridgehead atoms. The number of benzene rings is 2. The number of amides is 3. The van der Waals surface area contributed by atoms with Crippen LogP contribution >= 0.6 is 0 Å². The van der Waals surface area contributed by atoms with Gasteiger partial charge in [0.05, 0.1) is 5.92 Å². The van der Waals surface area contributed by atoms with Crippen LogP contribution in [0.25, 0.3) is 0 Å². The molecular weight excluding hydrogens is 444 g/mol. The molecule has 8 nitrogen and oxygen atoms in total. The number of primary amides is 1. The first-order chi connectivity index (χ1) is 17.0. The van der Waals surface area contributed by atoms with E-state index in [1.54, 1.807) is 17.0 Å². The maximum absolute atomic E-state index is 13.3. The zero-order valence-electron chi connectivity index (χ0n) is 20.0.